The first-order valence-corrected chi connectivity index (χ1v) is 8.00. The molecule has 6 nitrogen and oxygen atoms in total. The quantitative estimate of drug-likeness (QED) is 0.481. The first-order chi connectivity index (χ1) is 10.1. The van der Waals surface area contributed by atoms with Crippen LogP contribution in [0.3, 0.4) is 0 Å². The van der Waals surface area contributed by atoms with Crippen molar-refractivity contribution < 1.29 is 19.4 Å². The summed E-state index contributed by atoms with van der Waals surface area (Å²) in [5.41, 5.74) is 4.95. The fourth-order valence-electron chi connectivity index (χ4n) is 2.74. The average Bonchev–Trinajstić information content (AvgIpc) is 2.48. The summed E-state index contributed by atoms with van der Waals surface area (Å²) >= 11 is 0. The van der Waals surface area contributed by atoms with Gasteiger partial charge in [-0.05, 0) is 18.8 Å². The monoisotopic (exact) mass is 302 g/mol. The summed E-state index contributed by atoms with van der Waals surface area (Å²) in [6, 6.07) is 0. The number of hydrogen-bond donors (Lipinski definition) is 3. The van der Waals surface area contributed by atoms with Crippen molar-refractivity contribution in [2.75, 3.05) is 32.9 Å². The van der Waals surface area contributed by atoms with Gasteiger partial charge in [0.05, 0.1) is 25.4 Å². The van der Waals surface area contributed by atoms with Gasteiger partial charge in [-0.2, -0.15) is 0 Å². The minimum atomic E-state index is -0.513. The Labute approximate surface area is 127 Å². The lowest BCUT2D eigenvalue weighted by atomic mass is 9.85. The van der Waals surface area contributed by atoms with Crippen LogP contribution in [-0.2, 0) is 14.3 Å². The van der Waals surface area contributed by atoms with E-state index in [9.17, 15) is 9.90 Å². The third-order valence-corrected chi connectivity index (χ3v) is 3.91. The minimum absolute atomic E-state index is 0.0621. The molecule has 124 valence electrons. The van der Waals surface area contributed by atoms with Gasteiger partial charge in [0.15, 0.2) is 0 Å². The van der Waals surface area contributed by atoms with Crippen molar-refractivity contribution in [3.05, 3.63) is 0 Å². The van der Waals surface area contributed by atoms with E-state index in [0.29, 0.717) is 38.3 Å². The fourth-order valence-corrected chi connectivity index (χ4v) is 2.74. The molecule has 6 heteroatoms. The summed E-state index contributed by atoms with van der Waals surface area (Å²) in [6.45, 7) is 3.95. The summed E-state index contributed by atoms with van der Waals surface area (Å²) < 4.78 is 10.9. The van der Waals surface area contributed by atoms with Gasteiger partial charge in [-0.3, -0.25) is 4.79 Å². The Morgan fingerprint density at radius 3 is 2.90 bits per heavy atom. The molecule has 3 atom stereocenters. The molecule has 1 aliphatic carbocycles. The molecule has 1 aliphatic rings. The number of amides is 1. The number of carbonyl (C=O) groups excluding carboxylic acids is 1. The number of aliphatic hydroxyl groups is 1. The van der Waals surface area contributed by atoms with E-state index in [0.717, 1.165) is 12.8 Å². The number of hydrogen-bond acceptors (Lipinski definition) is 5. The van der Waals surface area contributed by atoms with Crippen molar-refractivity contribution in [2.45, 2.75) is 51.2 Å². The van der Waals surface area contributed by atoms with Gasteiger partial charge in [0.25, 0.3) is 0 Å². The second-order valence-corrected chi connectivity index (χ2v) is 5.70. The molecular weight excluding hydrogens is 272 g/mol. The van der Waals surface area contributed by atoms with Crippen LogP contribution < -0.4 is 11.1 Å². The summed E-state index contributed by atoms with van der Waals surface area (Å²) in [5, 5.41) is 12.9. The van der Waals surface area contributed by atoms with E-state index in [-0.39, 0.29) is 6.61 Å². The lowest BCUT2D eigenvalue weighted by molar-refractivity contribution is -0.122. The molecule has 0 aliphatic heterocycles. The molecule has 1 amide bonds. The summed E-state index contributed by atoms with van der Waals surface area (Å²) in [6.07, 6.45) is 5.82. The van der Waals surface area contributed by atoms with Crippen LogP contribution in [0.2, 0.25) is 0 Å². The molecule has 0 bridgehead atoms. The maximum atomic E-state index is 10.4. The zero-order valence-corrected chi connectivity index (χ0v) is 13.1. The van der Waals surface area contributed by atoms with E-state index in [4.69, 9.17) is 15.2 Å². The average molecular weight is 302 g/mol. The van der Waals surface area contributed by atoms with Crippen LogP contribution in [0.1, 0.15) is 39.0 Å². The standard InChI is InChI=1S/C15H30N2O4/c1-2-12-5-3-4-6-14(12)21-10-13(18)9-17-7-8-20-11-15(16)19/h12-14,17-18H,2-11H2,1H3,(H2,16,19). The van der Waals surface area contributed by atoms with E-state index in [1.807, 2.05) is 0 Å². The second kappa shape index (κ2) is 11.0. The fraction of sp³-hybridized carbons (Fsp3) is 0.933. The predicted molar refractivity (Wildman–Crippen MR) is 80.9 cm³/mol. The molecule has 1 fully saturated rings. The van der Waals surface area contributed by atoms with Crippen LogP contribution in [0.25, 0.3) is 0 Å². The van der Waals surface area contributed by atoms with Gasteiger partial charge in [-0.25, -0.2) is 0 Å². The topological polar surface area (TPSA) is 93.8 Å². The Balaban J connectivity index is 2.02. The Kier molecular flexibility index (Phi) is 9.58. The van der Waals surface area contributed by atoms with Crippen LogP contribution >= 0.6 is 0 Å². The number of aliphatic hydroxyl groups excluding tert-OH is 1. The lowest BCUT2D eigenvalue weighted by Crippen LogP contribution is -2.36. The lowest BCUT2D eigenvalue weighted by Gasteiger charge is -2.31. The van der Waals surface area contributed by atoms with Crippen molar-refractivity contribution >= 4 is 5.91 Å². The van der Waals surface area contributed by atoms with E-state index in [2.05, 4.69) is 12.2 Å². The number of primary amides is 1. The zero-order valence-electron chi connectivity index (χ0n) is 13.1. The van der Waals surface area contributed by atoms with Gasteiger partial charge < -0.3 is 25.6 Å². The highest BCUT2D eigenvalue weighted by Crippen LogP contribution is 2.29. The molecule has 0 spiro atoms. The smallest absolute Gasteiger partial charge is 0.243 e. The second-order valence-electron chi connectivity index (χ2n) is 5.70. The third kappa shape index (κ3) is 8.36. The molecule has 0 radical (unpaired) electrons. The van der Waals surface area contributed by atoms with Gasteiger partial charge in [-0.15, -0.1) is 0 Å². The summed E-state index contributed by atoms with van der Waals surface area (Å²) in [7, 11) is 0. The van der Waals surface area contributed by atoms with Crippen molar-refractivity contribution in [1.82, 2.24) is 5.32 Å². The molecule has 0 saturated heterocycles. The molecule has 0 aromatic rings. The molecule has 4 N–H and O–H groups in total. The number of carbonyl (C=O) groups is 1. The number of ether oxygens (including phenoxy) is 2. The van der Waals surface area contributed by atoms with Crippen LogP contribution in [0.15, 0.2) is 0 Å². The first kappa shape index (κ1) is 18.4. The van der Waals surface area contributed by atoms with E-state index >= 15 is 0 Å². The Morgan fingerprint density at radius 2 is 2.19 bits per heavy atom. The number of nitrogens with one attached hydrogen (secondary N) is 1. The highest BCUT2D eigenvalue weighted by atomic mass is 16.5. The number of rotatable bonds is 11. The van der Waals surface area contributed by atoms with Crippen LogP contribution in [-0.4, -0.2) is 56.1 Å². The largest absolute Gasteiger partial charge is 0.389 e. The summed E-state index contributed by atoms with van der Waals surface area (Å²) in [5.74, 6) is 0.169. The minimum Gasteiger partial charge on any atom is -0.389 e. The zero-order chi connectivity index (χ0) is 15.5. The molecule has 1 saturated carbocycles. The van der Waals surface area contributed by atoms with E-state index < -0.39 is 12.0 Å². The van der Waals surface area contributed by atoms with Gasteiger partial charge in [0, 0.05) is 13.1 Å². The highest BCUT2D eigenvalue weighted by molar-refractivity contribution is 5.74. The molecule has 0 aromatic carbocycles. The van der Waals surface area contributed by atoms with E-state index in [1.165, 1.54) is 19.3 Å². The maximum absolute atomic E-state index is 10.4. The van der Waals surface area contributed by atoms with E-state index in [1.54, 1.807) is 0 Å². The molecular formula is C15H30N2O4. The van der Waals surface area contributed by atoms with Crippen LogP contribution in [0.4, 0.5) is 0 Å². The third-order valence-electron chi connectivity index (χ3n) is 3.91. The van der Waals surface area contributed by atoms with Gasteiger partial charge in [0.1, 0.15) is 6.61 Å². The van der Waals surface area contributed by atoms with Crippen LogP contribution in [0.5, 0.6) is 0 Å². The predicted octanol–water partition coefficient (Wildman–Crippen LogP) is 0.424. The Bertz CT molecular complexity index is 289. The van der Waals surface area contributed by atoms with Gasteiger partial charge in [-0.1, -0.05) is 26.2 Å². The normalized spacial score (nSPS) is 23.9. The van der Waals surface area contributed by atoms with Crippen molar-refractivity contribution in [1.29, 1.82) is 0 Å². The molecule has 1 rings (SSSR count). The molecule has 0 aromatic heterocycles. The number of nitrogens with two attached hydrogens (primary N) is 1. The maximum Gasteiger partial charge on any atom is 0.243 e. The molecule has 21 heavy (non-hydrogen) atoms. The first-order valence-electron chi connectivity index (χ1n) is 8.00. The van der Waals surface area contributed by atoms with Crippen molar-refractivity contribution in [3.63, 3.8) is 0 Å². The molecule has 3 unspecified atom stereocenters. The Hall–Kier alpha value is -0.690. The van der Waals surface area contributed by atoms with Crippen molar-refractivity contribution in [2.24, 2.45) is 11.7 Å². The molecule has 0 heterocycles. The van der Waals surface area contributed by atoms with Crippen molar-refractivity contribution in [3.8, 4) is 0 Å². The van der Waals surface area contributed by atoms with Crippen LogP contribution in [0, 0.1) is 5.92 Å². The summed E-state index contributed by atoms with van der Waals surface area (Å²) in [4.78, 5) is 10.4. The SMILES string of the molecule is CCC1CCCCC1OCC(O)CNCCOCC(N)=O. The highest BCUT2D eigenvalue weighted by Gasteiger charge is 2.24. The van der Waals surface area contributed by atoms with Gasteiger partial charge >= 0.3 is 0 Å². The Morgan fingerprint density at radius 1 is 1.43 bits per heavy atom. The van der Waals surface area contributed by atoms with Gasteiger partial charge in [0.2, 0.25) is 5.91 Å².